The van der Waals surface area contributed by atoms with Crippen LogP contribution >= 0.6 is 0 Å². The van der Waals surface area contributed by atoms with Crippen LogP contribution in [0.25, 0.3) is 11.0 Å². The normalized spacial score (nSPS) is 12.1. The summed E-state index contributed by atoms with van der Waals surface area (Å²) in [6.07, 6.45) is 1.31. The Labute approximate surface area is 93.6 Å². The number of methoxy groups -OCH3 is 1. The Kier molecular flexibility index (Phi) is 2.37. The second kappa shape index (κ2) is 3.47. The summed E-state index contributed by atoms with van der Waals surface area (Å²) >= 11 is 0. The Morgan fingerprint density at radius 3 is 2.62 bits per heavy atom. The van der Waals surface area contributed by atoms with Crippen LogP contribution in [0.5, 0.6) is 5.88 Å². The van der Waals surface area contributed by atoms with Crippen molar-refractivity contribution < 1.29 is 9.13 Å². The third-order valence-electron chi connectivity index (χ3n) is 2.58. The van der Waals surface area contributed by atoms with Gasteiger partial charge in [-0.2, -0.15) is 4.98 Å². The van der Waals surface area contributed by atoms with Crippen LogP contribution in [0.3, 0.4) is 0 Å². The van der Waals surface area contributed by atoms with Crippen LogP contribution < -0.4 is 4.74 Å². The lowest BCUT2D eigenvalue weighted by atomic mass is 9.87. The highest BCUT2D eigenvalue weighted by molar-refractivity contribution is 5.78. The Balaban J connectivity index is 2.75. The predicted octanol–water partition coefficient (Wildman–Crippen LogP) is 3.01. The third kappa shape index (κ3) is 1.64. The molecule has 0 aliphatic heterocycles. The van der Waals surface area contributed by atoms with Gasteiger partial charge in [-0.05, 0) is 11.5 Å². The van der Waals surface area contributed by atoms with Crippen molar-refractivity contribution in [3.63, 3.8) is 0 Å². The van der Waals surface area contributed by atoms with Crippen molar-refractivity contribution in [3.8, 4) is 5.88 Å². The Morgan fingerprint density at radius 2 is 2.06 bits per heavy atom. The molecular weight excluding hydrogens is 207 g/mol. The number of aromatic amines is 1. The predicted molar refractivity (Wildman–Crippen MR) is 61.3 cm³/mol. The molecule has 0 aliphatic carbocycles. The van der Waals surface area contributed by atoms with E-state index < -0.39 is 0 Å². The summed E-state index contributed by atoms with van der Waals surface area (Å²) in [7, 11) is 1.57. The van der Waals surface area contributed by atoms with Gasteiger partial charge < -0.3 is 9.72 Å². The van der Waals surface area contributed by atoms with Crippen LogP contribution in [-0.2, 0) is 5.41 Å². The first-order chi connectivity index (χ1) is 7.43. The number of rotatable bonds is 1. The van der Waals surface area contributed by atoms with Gasteiger partial charge in [0.1, 0.15) is 11.5 Å². The van der Waals surface area contributed by atoms with E-state index in [0.717, 1.165) is 5.56 Å². The van der Waals surface area contributed by atoms with Crippen molar-refractivity contribution >= 4 is 11.0 Å². The average Bonchev–Trinajstić information content (AvgIpc) is 2.57. The van der Waals surface area contributed by atoms with Crippen molar-refractivity contribution in [3.05, 3.63) is 23.6 Å². The summed E-state index contributed by atoms with van der Waals surface area (Å²) in [4.78, 5) is 7.04. The molecule has 0 unspecified atom stereocenters. The molecule has 3 nitrogen and oxygen atoms in total. The number of ether oxygens (including phenoxy) is 1. The van der Waals surface area contributed by atoms with E-state index in [1.54, 1.807) is 13.2 Å². The van der Waals surface area contributed by atoms with Gasteiger partial charge in [-0.25, -0.2) is 4.39 Å². The molecular formula is C12H15FN2O. The van der Waals surface area contributed by atoms with Gasteiger partial charge in [-0.1, -0.05) is 20.8 Å². The molecule has 2 aromatic heterocycles. The fourth-order valence-corrected chi connectivity index (χ4v) is 1.69. The van der Waals surface area contributed by atoms with Crippen molar-refractivity contribution in [2.45, 2.75) is 26.2 Å². The van der Waals surface area contributed by atoms with Crippen LogP contribution in [0.2, 0.25) is 0 Å². The van der Waals surface area contributed by atoms with Gasteiger partial charge in [0.2, 0.25) is 5.88 Å². The molecule has 0 spiro atoms. The van der Waals surface area contributed by atoms with Gasteiger partial charge in [0.15, 0.2) is 0 Å². The van der Waals surface area contributed by atoms with Crippen LogP contribution in [-0.4, -0.2) is 17.1 Å². The molecule has 0 saturated heterocycles. The first-order valence-corrected chi connectivity index (χ1v) is 5.15. The second-order valence-corrected chi connectivity index (χ2v) is 4.83. The Hall–Kier alpha value is -1.58. The number of H-pyrrole nitrogens is 1. The number of hydrogen-bond donors (Lipinski definition) is 1. The van der Waals surface area contributed by atoms with Gasteiger partial charge in [0, 0.05) is 11.8 Å². The second-order valence-electron chi connectivity index (χ2n) is 4.83. The molecule has 0 bridgehead atoms. The zero-order chi connectivity index (χ0) is 11.9. The molecule has 1 N–H and O–H groups in total. The van der Waals surface area contributed by atoms with E-state index in [1.165, 1.54) is 6.20 Å². The molecule has 86 valence electrons. The largest absolute Gasteiger partial charge is 0.481 e. The van der Waals surface area contributed by atoms with E-state index in [1.807, 2.05) is 20.8 Å². The highest BCUT2D eigenvalue weighted by Gasteiger charge is 2.22. The number of nitrogens with zero attached hydrogens (tertiary/aromatic N) is 1. The summed E-state index contributed by atoms with van der Waals surface area (Å²) in [5, 5.41) is 0.505. The van der Waals surface area contributed by atoms with Gasteiger partial charge in [0.05, 0.1) is 12.5 Å². The molecule has 0 fully saturated rings. The minimum atomic E-state index is -0.282. The van der Waals surface area contributed by atoms with Crippen molar-refractivity contribution in [2.24, 2.45) is 0 Å². The molecule has 0 radical (unpaired) electrons. The van der Waals surface area contributed by atoms with E-state index in [9.17, 15) is 4.39 Å². The van der Waals surface area contributed by atoms with Crippen molar-refractivity contribution in [1.29, 1.82) is 0 Å². The SMILES string of the molecule is COc1nc2[nH]cc(F)c2cc1C(C)(C)C. The van der Waals surface area contributed by atoms with Crippen LogP contribution in [0.4, 0.5) is 4.39 Å². The van der Waals surface area contributed by atoms with Crippen LogP contribution in [0, 0.1) is 5.82 Å². The standard InChI is InChI=1S/C12H15FN2O/c1-12(2,3)8-5-7-9(13)6-14-10(7)15-11(8)16-4/h5-6H,1-4H3,(H,14,15). The summed E-state index contributed by atoms with van der Waals surface area (Å²) in [5.41, 5.74) is 1.29. The first-order valence-electron chi connectivity index (χ1n) is 5.15. The highest BCUT2D eigenvalue weighted by atomic mass is 19.1. The molecule has 2 rings (SSSR count). The number of aromatic nitrogens is 2. The molecule has 0 atom stereocenters. The van der Waals surface area contributed by atoms with E-state index in [0.29, 0.717) is 16.9 Å². The van der Waals surface area contributed by atoms with E-state index >= 15 is 0 Å². The Bertz CT molecular complexity index is 526. The monoisotopic (exact) mass is 222 g/mol. The van der Waals surface area contributed by atoms with Gasteiger partial charge in [-0.3, -0.25) is 0 Å². The maximum Gasteiger partial charge on any atom is 0.218 e. The fraction of sp³-hybridized carbons (Fsp3) is 0.417. The number of halogens is 1. The number of hydrogen-bond acceptors (Lipinski definition) is 2. The van der Waals surface area contributed by atoms with E-state index in [2.05, 4.69) is 9.97 Å². The van der Waals surface area contributed by atoms with E-state index in [-0.39, 0.29) is 11.2 Å². The molecule has 4 heteroatoms. The van der Waals surface area contributed by atoms with Crippen molar-refractivity contribution in [1.82, 2.24) is 9.97 Å². The maximum atomic E-state index is 13.4. The summed E-state index contributed by atoms with van der Waals surface area (Å²) in [5.74, 6) is 0.262. The number of nitrogens with one attached hydrogen (secondary N) is 1. The molecule has 0 aliphatic rings. The third-order valence-corrected chi connectivity index (χ3v) is 2.58. The maximum absolute atomic E-state index is 13.4. The topological polar surface area (TPSA) is 37.9 Å². The van der Waals surface area contributed by atoms with Crippen molar-refractivity contribution in [2.75, 3.05) is 7.11 Å². The highest BCUT2D eigenvalue weighted by Crippen LogP contribution is 2.32. The first kappa shape index (κ1) is 10.9. The summed E-state index contributed by atoms with van der Waals surface area (Å²) < 4.78 is 18.7. The van der Waals surface area contributed by atoms with Gasteiger partial charge >= 0.3 is 0 Å². The smallest absolute Gasteiger partial charge is 0.218 e. The number of pyridine rings is 1. The van der Waals surface area contributed by atoms with Gasteiger partial charge in [-0.15, -0.1) is 0 Å². The molecule has 0 amide bonds. The fourth-order valence-electron chi connectivity index (χ4n) is 1.69. The lowest BCUT2D eigenvalue weighted by Gasteiger charge is -2.21. The molecule has 2 aromatic rings. The summed E-state index contributed by atoms with van der Waals surface area (Å²) in [6.45, 7) is 6.13. The van der Waals surface area contributed by atoms with E-state index in [4.69, 9.17) is 4.74 Å². The zero-order valence-corrected chi connectivity index (χ0v) is 9.89. The quantitative estimate of drug-likeness (QED) is 0.805. The molecule has 0 saturated carbocycles. The minimum absolute atomic E-state index is 0.129. The molecule has 2 heterocycles. The lowest BCUT2D eigenvalue weighted by molar-refractivity contribution is 0.382. The van der Waals surface area contributed by atoms with Gasteiger partial charge in [0.25, 0.3) is 0 Å². The average molecular weight is 222 g/mol. The Morgan fingerprint density at radius 1 is 1.38 bits per heavy atom. The van der Waals surface area contributed by atoms with Crippen LogP contribution in [0.15, 0.2) is 12.3 Å². The molecule has 0 aromatic carbocycles. The lowest BCUT2D eigenvalue weighted by Crippen LogP contribution is -2.13. The minimum Gasteiger partial charge on any atom is -0.481 e. The summed E-state index contributed by atoms with van der Waals surface area (Å²) in [6, 6.07) is 1.80. The van der Waals surface area contributed by atoms with Crippen LogP contribution in [0.1, 0.15) is 26.3 Å². The number of fused-ring (bicyclic) bond motifs is 1. The zero-order valence-electron chi connectivity index (χ0n) is 9.89. The molecule has 16 heavy (non-hydrogen) atoms.